The Hall–Kier alpha value is -1.28. The zero-order chi connectivity index (χ0) is 14.1. The van der Waals surface area contributed by atoms with Crippen molar-refractivity contribution in [3.63, 3.8) is 0 Å². The van der Waals surface area contributed by atoms with Crippen molar-refractivity contribution in [3.8, 4) is 0 Å². The molecular weight excluding hydrogens is 263 g/mol. The van der Waals surface area contributed by atoms with Crippen LogP contribution >= 0.6 is 0 Å². The van der Waals surface area contributed by atoms with Gasteiger partial charge in [0.25, 0.3) is 0 Å². The molecule has 0 aliphatic heterocycles. The van der Waals surface area contributed by atoms with Crippen LogP contribution in [-0.2, 0) is 16.0 Å². The van der Waals surface area contributed by atoms with Gasteiger partial charge < -0.3 is 19.4 Å². The van der Waals surface area contributed by atoms with Crippen molar-refractivity contribution >= 4 is 5.95 Å². The van der Waals surface area contributed by atoms with Crippen LogP contribution < -0.4 is 5.32 Å². The Morgan fingerprint density at radius 3 is 2.84 bits per heavy atom. The molecule has 1 rings (SSSR count). The fourth-order valence-electron chi connectivity index (χ4n) is 1.46. The smallest absolute Gasteiger partial charge is 0.385 e. The van der Waals surface area contributed by atoms with E-state index < -0.39 is 12.8 Å². The van der Waals surface area contributed by atoms with E-state index in [9.17, 15) is 13.2 Å². The second-order valence-electron chi connectivity index (χ2n) is 3.89. The summed E-state index contributed by atoms with van der Waals surface area (Å²) in [6.45, 7) is 0.407. The minimum absolute atomic E-state index is 0.0234. The highest BCUT2D eigenvalue weighted by Gasteiger charge is 2.27. The average Bonchev–Trinajstić information content (AvgIpc) is 2.75. The molecule has 19 heavy (non-hydrogen) atoms. The maximum atomic E-state index is 11.8. The molecule has 1 aromatic rings. The van der Waals surface area contributed by atoms with Crippen molar-refractivity contribution in [1.29, 1.82) is 0 Å². The first-order valence-corrected chi connectivity index (χ1v) is 5.91. The lowest BCUT2D eigenvalue weighted by Gasteiger charge is -2.10. The number of methoxy groups -OCH3 is 1. The normalized spacial score (nSPS) is 11.8. The third-order valence-corrected chi connectivity index (χ3v) is 2.26. The standard InChI is InChI=1S/C11H18F3N3O2/c1-18-7-2-5-17-6-3-15-10(17)16-4-8-19-9-11(12,13)14/h3,6H,2,4-5,7-9H2,1H3,(H,15,16). The molecule has 0 aliphatic carbocycles. The van der Waals surface area contributed by atoms with Gasteiger partial charge in [0.1, 0.15) is 6.61 Å². The number of aryl methyl sites for hydroxylation is 1. The Balaban J connectivity index is 2.20. The second kappa shape index (κ2) is 8.00. The topological polar surface area (TPSA) is 48.3 Å². The minimum atomic E-state index is -4.28. The van der Waals surface area contributed by atoms with E-state index in [-0.39, 0.29) is 13.2 Å². The molecule has 0 fully saturated rings. The molecule has 110 valence electrons. The van der Waals surface area contributed by atoms with Gasteiger partial charge in [0.15, 0.2) is 0 Å². The number of alkyl halides is 3. The molecule has 0 saturated carbocycles. The first kappa shape index (κ1) is 15.8. The van der Waals surface area contributed by atoms with E-state index in [1.54, 1.807) is 19.5 Å². The summed E-state index contributed by atoms with van der Waals surface area (Å²) < 4.78 is 46.8. The summed E-state index contributed by atoms with van der Waals surface area (Å²) in [5, 5.41) is 2.93. The Morgan fingerprint density at radius 2 is 2.16 bits per heavy atom. The van der Waals surface area contributed by atoms with Gasteiger partial charge in [-0.1, -0.05) is 0 Å². The largest absolute Gasteiger partial charge is 0.411 e. The van der Waals surface area contributed by atoms with Gasteiger partial charge in [-0.2, -0.15) is 13.2 Å². The summed E-state index contributed by atoms with van der Waals surface area (Å²) in [4.78, 5) is 4.07. The molecule has 1 aromatic heterocycles. The molecule has 1 N–H and O–H groups in total. The van der Waals surface area contributed by atoms with Crippen LogP contribution in [0.15, 0.2) is 12.4 Å². The van der Waals surface area contributed by atoms with Crippen molar-refractivity contribution < 1.29 is 22.6 Å². The van der Waals surface area contributed by atoms with Crippen molar-refractivity contribution in [2.24, 2.45) is 0 Å². The number of imidazole rings is 1. The van der Waals surface area contributed by atoms with E-state index in [2.05, 4.69) is 15.0 Å². The zero-order valence-corrected chi connectivity index (χ0v) is 10.7. The summed E-state index contributed by atoms with van der Waals surface area (Å²) in [7, 11) is 1.63. The molecule has 8 heteroatoms. The fraction of sp³-hybridized carbons (Fsp3) is 0.727. The maximum absolute atomic E-state index is 11.8. The van der Waals surface area contributed by atoms with E-state index in [4.69, 9.17) is 4.74 Å². The second-order valence-corrected chi connectivity index (χ2v) is 3.89. The van der Waals surface area contributed by atoms with Gasteiger partial charge in [0.05, 0.1) is 6.61 Å². The number of anilines is 1. The van der Waals surface area contributed by atoms with Crippen LogP contribution in [0.2, 0.25) is 0 Å². The van der Waals surface area contributed by atoms with Crippen molar-refractivity contribution in [1.82, 2.24) is 9.55 Å². The number of nitrogens with one attached hydrogen (secondary N) is 1. The molecule has 0 amide bonds. The van der Waals surface area contributed by atoms with Gasteiger partial charge in [0.2, 0.25) is 5.95 Å². The predicted molar refractivity (Wildman–Crippen MR) is 64.1 cm³/mol. The zero-order valence-electron chi connectivity index (χ0n) is 10.7. The predicted octanol–water partition coefficient (Wildman–Crippen LogP) is 1.91. The molecule has 0 spiro atoms. The highest BCUT2D eigenvalue weighted by Crippen LogP contribution is 2.14. The van der Waals surface area contributed by atoms with Gasteiger partial charge in [-0.15, -0.1) is 0 Å². The van der Waals surface area contributed by atoms with Gasteiger partial charge in [-0.3, -0.25) is 0 Å². The number of ether oxygens (including phenoxy) is 2. The van der Waals surface area contributed by atoms with Crippen molar-refractivity contribution in [2.75, 3.05) is 38.8 Å². The molecule has 0 aliphatic rings. The maximum Gasteiger partial charge on any atom is 0.411 e. The summed E-state index contributed by atoms with van der Waals surface area (Å²) in [5.74, 6) is 0.617. The summed E-state index contributed by atoms with van der Waals surface area (Å²) in [6.07, 6.45) is -0.00892. The lowest BCUT2D eigenvalue weighted by atomic mass is 10.4. The third kappa shape index (κ3) is 7.02. The van der Waals surface area contributed by atoms with E-state index >= 15 is 0 Å². The van der Waals surface area contributed by atoms with Gasteiger partial charge in [-0.25, -0.2) is 4.98 Å². The van der Waals surface area contributed by atoms with Crippen LogP contribution in [0, 0.1) is 0 Å². The molecule has 0 unspecified atom stereocenters. The van der Waals surface area contributed by atoms with Gasteiger partial charge >= 0.3 is 6.18 Å². The van der Waals surface area contributed by atoms with Gasteiger partial charge in [-0.05, 0) is 6.42 Å². The van der Waals surface area contributed by atoms with Crippen LogP contribution in [0.4, 0.5) is 19.1 Å². The SMILES string of the molecule is COCCCn1ccnc1NCCOCC(F)(F)F. The van der Waals surface area contributed by atoms with E-state index in [1.165, 1.54) is 0 Å². The molecule has 0 saturated heterocycles. The number of hydrogen-bond acceptors (Lipinski definition) is 4. The summed E-state index contributed by atoms with van der Waals surface area (Å²) >= 11 is 0. The van der Waals surface area contributed by atoms with Crippen LogP contribution in [0.5, 0.6) is 0 Å². The average molecular weight is 281 g/mol. The van der Waals surface area contributed by atoms with E-state index in [1.807, 2.05) is 4.57 Å². The number of nitrogens with zero attached hydrogens (tertiary/aromatic N) is 2. The van der Waals surface area contributed by atoms with E-state index in [0.29, 0.717) is 12.6 Å². The van der Waals surface area contributed by atoms with Gasteiger partial charge in [0, 0.05) is 39.2 Å². The first-order chi connectivity index (χ1) is 9.03. The lowest BCUT2D eigenvalue weighted by Crippen LogP contribution is -2.20. The molecule has 1 heterocycles. The van der Waals surface area contributed by atoms with Crippen LogP contribution in [0.1, 0.15) is 6.42 Å². The van der Waals surface area contributed by atoms with Crippen molar-refractivity contribution in [2.45, 2.75) is 19.1 Å². The molecule has 0 bridgehead atoms. The highest BCUT2D eigenvalue weighted by atomic mass is 19.4. The van der Waals surface area contributed by atoms with Crippen LogP contribution in [0.25, 0.3) is 0 Å². The highest BCUT2D eigenvalue weighted by molar-refractivity contribution is 5.25. The molecule has 0 radical (unpaired) electrons. The third-order valence-electron chi connectivity index (χ3n) is 2.26. The first-order valence-electron chi connectivity index (χ1n) is 5.91. The van der Waals surface area contributed by atoms with Crippen molar-refractivity contribution in [3.05, 3.63) is 12.4 Å². The molecule has 0 aromatic carbocycles. The summed E-state index contributed by atoms with van der Waals surface area (Å²) in [5.41, 5.74) is 0. The number of halogens is 3. The lowest BCUT2D eigenvalue weighted by molar-refractivity contribution is -0.172. The Labute approximate surface area is 109 Å². The Morgan fingerprint density at radius 1 is 1.37 bits per heavy atom. The fourth-order valence-corrected chi connectivity index (χ4v) is 1.46. The Kier molecular flexibility index (Phi) is 6.65. The van der Waals surface area contributed by atoms with E-state index in [0.717, 1.165) is 13.0 Å². The molecule has 5 nitrogen and oxygen atoms in total. The number of rotatable bonds is 9. The van der Waals surface area contributed by atoms with Crippen LogP contribution in [-0.4, -0.2) is 49.2 Å². The number of hydrogen-bond donors (Lipinski definition) is 1. The Bertz CT molecular complexity index is 355. The molecule has 0 atom stereocenters. The summed E-state index contributed by atoms with van der Waals surface area (Å²) in [6, 6.07) is 0. The quantitative estimate of drug-likeness (QED) is 0.702. The van der Waals surface area contributed by atoms with Crippen LogP contribution in [0.3, 0.4) is 0 Å². The monoisotopic (exact) mass is 281 g/mol. The number of aromatic nitrogens is 2. The minimum Gasteiger partial charge on any atom is -0.385 e. The molecular formula is C11H18F3N3O2.